The Hall–Kier alpha value is -1.40. The molecular weight excluding hydrogens is 362 g/mol. The Morgan fingerprint density at radius 2 is 1.93 bits per heavy atom. The second kappa shape index (κ2) is 8.74. The number of hydrogen-bond acceptors (Lipinski definition) is 4. The van der Waals surface area contributed by atoms with E-state index in [4.69, 9.17) is 8.92 Å². The summed E-state index contributed by atoms with van der Waals surface area (Å²) in [6.45, 7) is 10.5. The van der Waals surface area contributed by atoms with E-state index in [0.29, 0.717) is 12.5 Å². The first-order valence-electron chi connectivity index (χ1n) is 9.54. The molecule has 1 saturated heterocycles. The van der Waals surface area contributed by atoms with Crippen molar-refractivity contribution in [2.45, 2.75) is 71.1 Å². The van der Waals surface area contributed by atoms with Crippen LogP contribution < -0.4 is 0 Å². The highest BCUT2D eigenvalue weighted by Gasteiger charge is 2.42. The van der Waals surface area contributed by atoms with Crippen LogP contribution in [0, 0.1) is 5.92 Å². The van der Waals surface area contributed by atoms with Crippen LogP contribution in [-0.4, -0.2) is 39.1 Å². The van der Waals surface area contributed by atoms with Crippen molar-refractivity contribution in [3.8, 4) is 0 Å². The first-order valence-corrected chi connectivity index (χ1v) is 11.0. The standard InChI is InChI=1S/C21H33NO4S/c1-20(2,3)25-19(23)22-15-16(14-21(22,4)5)12-13-18(26-27(6)24)17-10-8-7-9-11-17/h7-11,16,18H,12-15H2,1-6H3. The molecule has 27 heavy (non-hydrogen) atoms. The summed E-state index contributed by atoms with van der Waals surface area (Å²) in [5.74, 6) is 0.368. The predicted molar refractivity (Wildman–Crippen MR) is 109 cm³/mol. The van der Waals surface area contributed by atoms with E-state index in [-0.39, 0.29) is 17.7 Å². The second-order valence-corrected chi connectivity index (χ2v) is 9.94. The number of nitrogens with zero attached hydrogens (tertiary/aromatic N) is 1. The number of carbonyl (C=O) groups excluding carboxylic acids is 1. The molecule has 1 aliphatic heterocycles. The molecule has 0 saturated carbocycles. The SMILES string of the molecule is CS(=O)OC(CCC1CN(C(=O)OC(C)(C)C)C(C)(C)C1)c1ccccc1. The van der Waals surface area contributed by atoms with Crippen LogP contribution >= 0.6 is 0 Å². The monoisotopic (exact) mass is 395 g/mol. The lowest BCUT2D eigenvalue weighted by atomic mass is 9.91. The summed E-state index contributed by atoms with van der Waals surface area (Å²) in [7, 11) is 0. The van der Waals surface area contributed by atoms with Gasteiger partial charge < -0.3 is 9.64 Å². The van der Waals surface area contributed by atoms with Crippen LogP contribution in [0.25, 0.3) is 0 Å². The Balaban J connectivity index is 2.00. The van der Waals surface area contributed by atoms with Gasteiger partial charge in [-0.3, -0.25) is 4.18 Å². The number of ether oxygens (including phenoxy) is 1. The largest absolute Gasteiger partial charge is 0.444 e. The van der Waals surface area contributed by atoms with Gasteiger partial charge in [-0.05, 0) is 65.4 Å². The predicted octanol–water partition coefficient (Wildman–Crippen LogP) is 4.85. The summed E-state index contributed by atoms with van der Waals surface area (Å²) in [5.41, 5.74) is 0.306. The van der Waals surface area contributed by atoms with Gasteiger partial charge in [0.2, 0.25) is 0 Å². The first kappa shape index (κ1) is 21.9. The number of benzene rings is 1. The highest BCUT2D eigenvalue weighted by atomic mass is 32.2. The fourth-order valence-corrected chi connectivity index (χ4v) is 4.24. The Morgan fingerprint density at radius 3 is 2.48 bits per heavy atom. The van der Waals surface area contributed by atoms with Gasteiger partial charge in [-0.15, -0.1) is 0 Å². The highest BCUT2D eigenvalue weighted by molar-refractivity contribution is 7.79. The summed E-state index contributed by atoms with van der Waals surface area (Å²) in [6, 6.07) is 9.90. The molecular formula is C21H33NO4S. The van der Waals surface area contributed by atoms with E-state index < -0.39 is 16.7 Å². The van der Waals surface area contributed by atoms with Gasteiger partial charge in [-0.25, -0.2) is 9.00 Å². The van der Waals surface area contributed by atoms with Gasteiger partial charge in [0.1, 0.15) is 5.60 Å². The van der Waals surface area contributed by atoms with Crippen molar-refractivity contribution >= 4 is 17.2 Å². The summed E-state index contributed by atoms with van der Waals surface area (Å²) >= 11 is -1.32. The third kappa shape index (κ3) is 6.61. The molecule has 0 N–H and O–H groups in total. The average Bonchev–Trinajstić information content (AvgIpc) is 2.85. The van der Waals surface area contributed by atoms with Crippen molar-refractivity contribution in [1.82, 2.24) is 4.90 Å². The van der Waals surface area contributed by atoms with Crippen LogP contribution in [0.1, 0.15) is 65.5 Å². The summed E-state index contributed by atoms with van der Waals surface area (Å²) in [4.78, 5) is 14.4. The molecule has 3 atom stereocenters. The van der Waals surface area contributed by atoms with E-state index in [1.165, 1.54) is 0 Å². The summed E-state index contributed by atoms with van der Waals surface area (Å²) < 4.78 is 22.9. The Morgan fingerprint density at radius 1 is 1.30 bits per heavy atom. The van der Waals surface area contributed by atoms with Crippen LogP contribution in [0.15, 0.2) is 30.3 Å². The third-order valence-electron chi connectivity index (χ3n) is 4.83. The molecule has 1 fully saturated rings. The quantitative estimate of drug-likeness (QED) is 0.691. The number of likely N-dealkylation sites (tertiary alicyclic amines) is 1. The van der Waals surface area contributed by atoms with Crippen molar-refractivity contribution in [3.63, 3.8) is 0 Å². The number of amides is 1. The maximum atomic E-state index is 12.6. The molecule has 0 aliphatic carbocycles. The molecule has 1 amide bonds. The number of carbonyl (C=O) groups is 1. The van der Waals surface area contributed by atoms with Crippen LogP contribution in [-0.2, 0) is 20.0 Å². The lowest BCUT2D eigenvalue weighted by molar-refractivity contribution is 0.0130. The van der Waals surface area contributed by atoms with Gasteiger partial charge in [0.15, 0.2) is 11.1 Å². The Bertz CT molecular complexity index is 654. The lowest BCUT2D eigenvalue weighted by Crippen LogP contribution is -2.45. The molecule has 0 aromatic heterocycles. The third-order valence-corrected chi connectivity index (χ3v) is 5.34. The Labute approximate surface area is 166 Å². The normalized spacial score (nSPS) is 21.7. The topological polar surface area (TPSA) is 55.8 Å². The maximum absolute atomic E-state index is 12.6. The molecule has 0 spiro atoms. The number of rotatable bonds is 6. The molecule has 0 radical (unpaired) electrons. The zero-order chi connectivity index (χ0) is 20.2. The van der Waals surface area contributed by atoms with E-state index in [9.17, 15) is 9.00 Å². The Kier molecular flexibility index (Phi) is 7.09. The summed E-state index contributed by atoms with van der Waals surface area (Å²) in [5, 5.41) is 0. The fourth-order valence-electron chi connectivity index (χ4n) is 3.71. The van der Waals surface area contributed by atoms with Crippen LogP contribution in [0.5, 0.6) is 0 Å². The van der Waals surface area contributed by atoms with Gasteiger partial charge in [0, 0.05) is 18.3 Å². The van der Waals surface area contributed by atoms with Crippen molar-refractivity contribution < 1.29 is 17.9 Å². The van der Waals surface area contributed by atoms with Crippen molar-refractivity contribution in [3.05, 3.63) is 35.9 Å². The van der Waals surface area contributed by atoms with Crippen LogP contribution in [0.4, 0.5) is 4.79 Å². The zero-order valence-electron chi connectivity index (χ0n) is 17.4. The van der Waals surface area contributed by atoms with E-state index in [2.05, 4.69) is 13.8 Å². The second-order valence-electron chi connectivity index (χ2n) is 8.95. The molecule has 1 aromatic carbocycles. The highest BCUT2D eigenvalue weighted by Crippen LogP contribution is 2.37. The van der Waals surface area contributed by atoms with Crippen LogP contribution in [0.2, 0.25) is 0 Å². The fraction of sp³-hybridized carbons (Fsp3) is 0.667. The van der Waals surface area contributed by atoms with E-state index in [1.807, 2.05) is 56.0 Å². The van der Waals surface area contributed by atoms with Crippen LogP contribution in [0.3, 0.4) is 0 Å². The van der Waals surface area contributed by atoms with E-state index in [0.717, 1.165) is 24.8 Å². The molecule has 1 aromatic rings. The van der Waals surface area contributed by atoms with Gasteiger partial charge in [-0.2, -0.15) is 0 Å². The van der Waals surface area contributed by atoms with Gasteiger partial charge in [0.25, 0.3) is 0 Å². The molecule has 152 valence electrons. The maximum Gasteiger partial charge on any atom is 0.410 e. The van der Waals surface area contributed by atoms with Gasteiger partial charge in [-0.1, -0.05) is 30.3 Å². The minimum absolute atomic E-state index is 0.198. The van der Waals surface area contributed by atoms with Crippen molar-refractivity contribution in [2.75, 3.05) is 12.8 Å². The molecule has 1 aliphatic rings. The van der Waals surface area contributed by atoms with E-state index >= 15 is 0 Å². The minimum Gasteiger partial charge on any atom is -0.444 e. The summed E-state index contributed by atoms with van der Waals surface area (Å²) in [6.07, 6.45) is 3.70. The molecule has 5 nitrogen and oxygen atoms in total. The number of hydrogen-bond donors (Lipinski definition) is 0. The minimum atomic E-state index is -1.32. The molecule has 2 rings (SSSR count). The van der Waals surface area contributed by atoms with Gasteiger partial charge in [0.05, 0.1) is 6.10 Å². The van der Waals surface area contributed by atoms with Gasteiger partial charge >= 0.3 is 6.09 Å². The average molecular weight is 396 g/mol. The van der Waals surface area contributed by atoms with Crippen molar-refractivity contribution in [1.29, 1.82) is 0 Å². The lowest BCUT2D eigenvalue weighted by Gasteiger charge is -2.33. The molecule has 0 bridgehead atoms. The molecule has 1 heterocycles. The smallest absolute Gasteiger partial charge is 0.410 e. The molecule has 6 heteroatoms. The van der Waals surface area contributed by atoms with Crippen molar-refractivity contribution in [2.24, 2.45) is 5.92 Å². The van der Waals surface area contributed by atoms with E-state index in [1.54, 1.807) is 6.26 Å². The zero-order valence-corrected chi connectivity index (χ0v) is 18.2. The molecule has 3 unspecified atom stereocenters. The first-order chi connectivity index (χ1) is 12.5.